The molecular formula is C29H32Cl2N2O3. The molecule has 0 aromatic heterocycles. The first-order chi connectivity index (χ1) is 17.3. The summed E-state index contributed by atoms with van der Waals surface area (Å²) in [6.45, 7) is 3.99. The molecule has 1 fully saturated rings. The highest BCUT2D eigenvalue weighted by molar-refractivity contribution is 6.30. The normalized spacial score (nSPS) is 17.1. The third-order valence-corrected chi connectivity index (χ3v) is 7.61. The van der Waals surface area contributed by atoms with Gasteiger partial charge in [-0.05, 0) is 65.9 Å². The summed E-state index contributed by atoms with van der Waals surface area (Å²) in [5, 5.41) is 14.7. The standard InChI is InChI=1S/C29H32Cl2N2O3/c1-3-29(21-6-10-23(30)11-7-21,22-8-12-24(31)13-9-22)28(35)32-27(19-33-17-16-25(34)18-33)20-4-14-26(36-2)15-5-20/h4-15,25,27,34H,3,16-19H2,1-2H3,(H,32,35)/t25?,27-/m1/s1. The second-order valence-corrected chi connectivity index (χ2v) is 10.1. The van der Waals surface area contributed by atoms with Crippen LogP contribution in [0, 0.1) is 0 Å². The molecule has 5 nitrogen and oxygen atoms in total. The van der Waals surface area contributed by atoms with E-state index in [1.54, 1.807) is 7.11 Å². The van der Waals surface area contributed by atoms with Gasteiger partial charge in [0.15, 0.2) is 0 Å². The van der Waals surface area contributed by atoms with Gasteiger partial charge in [-0.3, -0.25) is 9.69 Å². The Morgan fingerprint density at radius 1 is 1.03 bits per heavy atom. The number of ether oxygens (including phenoxy) is 1. The zero-order valence-electron chi connectivity index (χ0n) is 20.6. The van der Waals surface area contributed by atoms with E-state index in [0.29, 0.717) is 29.6 Å². The van der Waals surface area contributed by atoms with Crippen molar-refractivity contribution >= 4 is 29.1 Å². The van der Waals surface area contributed by atoms with Crippen LogP contribution >= 0.6 is 23.2 Å². The van der Waals surface area contributed by atoms with Crippen molar-refractivity contribution in [2.24, 2.45) is 0 Å². The van der Waals surface area contributed by atoms with Crippen molar-refractivity contribution in [3.05, 3.63) is 99.5 Å². The fourth-order valence-corrected chi connectivity index (χ4v) is 5.31. The van der Waals surface area contributed by atoms with Gasteiger partial charge in [0.05, 0.1) is 24.7 Å². The minimum absolute atomic E-state index is 0.102. The van der Waals surface area contributed by atoms with E-state index < -0.39 is 5.41 Å². The van der Waals surface area contributed by atoms with Crippen molar-refractivity contribution in [1.29, 1.82) is 0 Å². The van der Waals surface area contributed by atoms with Crippen molar-refractivity contribution in [3.63, 3.8) is 0 Å². The molecule has 1 aliphatic heterocycles. The molecule has 0 bridgehead atoms. The molecule has 0 spiro atoms. The molecule has 7 heteroatoms. The summed E-state index contributed by atoms with van der Waals surface area (Å²) >= 11 is 12.4. The third-order valence-electron chi connectivity index (χ3n) is 7.10. The predicted molar refractivity (Wildman–Crippen MR) is 145 cm³/mol. The zero-order valence-corrected chi connectivity index (χ0v) is 22.1. The smallest absolute Gasteiger partial charge is 0.235 e. The molecule has 1 saturated heterocycles. The highest BCUT2D eigenvalue weighted by atomic mass is 35.5. The van der Waals surface area contributed by atoms with Gasteiger partial charge in [-0.2, -0.15) is 0 Å². The molecule has 0 aliphatic carbocycles. The summed E-state index contributed by atoms with van der Waals surface area (Å²) in [5.41, 5.74) is 1.76. The van der Waals surface area contributed by atoms with Gasteiger partial charge in [0.2, 0.25) is 5.91 Å². The van der Waals surface area contributed by atoms with E-state index in [1.165, 1.54) is 0 Å². The lowest BCUT2D eigenvalue weighted by Gasteiger charge is -2.35. The van der Waals surface area contributed by atoms with E-state index in [4.69, 9.17) is 27.9 Å². The maximum absolute atomic E-state index is 14.3. The Morgan fingerprint density at radius 3 is 2.03 bits per heavy atom. The fraction of sp³-hybridized carbons (Fsp3) is 0.345. The van der Waals surface area contributed by atoms with Crippen molar-refractivity contribution in [3.8, 4) is 5.75 Å². The number of rotatable bonds is 9. The van der Waals surface area contributed by atoms with E-state index in [0.717, 1.165) is 35.4 Å². The van der Waals surface area contributed by atoms with Crippen LogP contribution in [-0.4, -0.2) is 48.8 Å². The molecule has 1 aliphatic rings. The number of carbonyl (C=O) groups is 1. The lowest BCUT2D eigenvalue weighted by Crippen LogP contribution is -2.48. The average Bonchev–Trinajstić information content (AvgIpc) is 3.31. The molecule has 3 aromatic rings. The Balaban J connectivity index is 1.73. The van der Waals surface area contributed by atoms with Crippen LogP contribution in [0.2, 0.25) is 10.0 Å². The van der Waals surface area contributed by atoms with Crippen LogP contribution in [0.1, 0.15) is 42.5 Å². The van der Waals surface area contributed by atoms with E-state index in [9.17, 15) is 9.90 Å². The number of benzene rings is 3. The number of aliphatic hydroxyl groups excluding tert-OH is 1. The Bertz CT molecular complexity index is 1110. The zero-order chi connectivity index (χ0) is 25.7. The largest absolute Gasteiger partial charge is 0.497 e. The molecule has 0 radical (unpaired) electrons. The number of methoxy groups -OCH3 is 1. The molecule has 2 N–H and O–H groups in total. The summed E-state index contributed by atoms with van der Waals surface area (Å²) in [5.74, 6) is 0.654. The van der Waals surface area contributed by atoms with Gasteiger partial charge >= 0.3 is 0 Å². The highest BCUT2D eigenvalue weighted by Crippen LogP contribution is 2.38. The maximum Gasteiger partial charge on any atom is 0.235 e. The topological polar surface area (TPSA) is 61.8 Å². The number of β-amino-alcohol motifs (C(OH)–C–C–N with tert-alkyl or cyclic N) is 1. The molecule has 2 atom stereocenters. The van der Waals surface area contributed by atoms with Crippen LogP contribution in [0.5, 0.6) is 5.75 Å². The van der Waals surface area contributed by atoms with Gasteiger partial charge in [0.25, 0.3) is 0 Å². The summed E-state index contributed by atoms with van der Waals surface area (Å²) < 4.78 is 5.33. The number of amides is 1. The molecule has 36 heavy (non-hydrogen) atoms. The number of halogens is 2. The second kappa shape index (κ2) is 11.7. The van der Waals surface area contributed by atoms with Crippen molar-refractivity contribution in [1.82, 2.24) is 10.2 Å². The van der Waals surface area contributed by atoms with Gasteiger partial charge in [0, 0.05) is 29.7 Å². The number of aliphatic hydroxyl groups is 1. The van der Waals surface area contributed by atoms with Gasteiger partial charge < -0.3 is 15.2 Å². The Labute approximate surface area is 223 Å². The van der Waals surface area contributed by atoms with E-state index in [1.807, 2.05) is 79.7 Å². The predicted octanol–water partition coefficient (Wildman–Crippen LogP) is 5.62. The van der Waals surface area contributed by atoms with Gasteiger partial charge in [0.1, 0.15) is 5.75 Å². The molecule has 0 saturated carbocycles. The molecule has 190 valence electrons. The van der Waals surface area contributed by atoms with Crippen LogP contribution in [0.15, 0.2) is 72.8 Å². The quantitative estimate of drug-likeness (QED) is 0.379. The number of hydrogen-bond acceptors (Lipinski definition) is 4. The summed E-state index contributed by atoms with van der Waals surface area (Å²) in [6.07, 6.45) is 0.937. The van der Waals surface area contributed by atoms with Crippen LogP contribution in [-0.2, 0) is 10.2 Å². The highest BCUT2D eigenvalue weighted by Gasteiger charge is 2.41. The minimum Gasteiger partial charge on any atom is -0.497 e. The Hall–Kier alpha value is -2.57. The van der Waals surface area contributed by atoms with Gasteiger partial charge in [-0.25, -0.2) is 0 Å². The monoisotopic (exact) mass is 526 g/mol. The van der Waals surface area contributed by atoms with E-state index in [2.05, 4.69) is 10.2 Å². The van der Waals surface area contributed by atoms with Gasteiger partial charge in [-0.15, -0.1) is 0 Å². The van der Waals surface area contributed by atoms with E-state index >= 15 is 0 Å². The lowest BCUT2D eigenvalue weighted by molar-refractivity contribution is -0.126. The fourth-order valence-electron chi connectivity index (χ4n) is 5.05. The summed E-state index contributed by atoms with van der Waals surface area (Å²) in [4.78, 5) is 16.5. The van der Waals surface area contributed by atoms with Crippen molar-refractivity contribution in [2.45, 2.75) is 37.3 Å². The van der Waals surface area contributed by atoms with Crippen molar-refractivity contribution in [2.75, 3.05) is 26.7 Å². The Morgan fingerprint density at radius 2 is 1.58 bits per heavy atom. The molecule has 1 amide bonds. The maximum atomic E-state index is 14.3. The van der Waals surface area contributed by atoms with Crippen molar-refractivity contribution < 1.29 is 14.6 Å². The van der Waals surface area contributed by atoms with Crippen LogP contribution < -0.4 is 10.1 Å². The van der Waals surface area contributed by atoms with E-state index in [-0.39, 0.29) is 18.1 Å². The number of hydrogen-bond donors (Lipinski definition) is 2. The van der Waals surface area contributed by atoms with Gasteiger partial charge in [-0.1, -0.05) is 66.5 Å². The number of carbonyl (C=O) groups excluding carboxylic acids is 1. The molecule has 3 aromatic carbocycles. The Kier molecular flexibility index (Phi) is 8.58. The van der Waals surface area contributed by atoms with Crippen LogP contribution in [0.25, 0.3) is 0 Å². The molecular weight excluding hydrogens is 495 g/mol. The summed E-state index contributed by atoms with van der Waals surface area (Å²) in [6, 6.07) is 22.4. The number of nitrogens with zero attached hydrogens (tertiary/aromatic N) is 1. The average molecular weight is 527 g/mol. The third kappa shape index (κ3) is 5.70. The van der Waals surface area contributed by atoms with Crippen LogP contribution in [0.4, 0.5) is 0 Å². The minimum atomic E-state index is -0.940. The number of nitrogens with one attached hydrogen (secondary N) is 1. The first-order valence-electron chi connectivity index (χ1n) is 12.2. The lowest BCUT2D eigenvalue weighted by atomic mass is 9.71. The molecule has 4 rings (SSSR count). The number of likely N-dealkylation sites (tertiary alicyclic amines) is 1. The molecule has 1 heterocycles. The summed E-state index contributed by atoms with van der Waals surface area (Å²) in [7, 11) is 1.63. The first-order valence-corrected chi connectivity index (χ1v) is 13.0. The molecule has 1 unspecified atom stereocenters. The van der Waals surface area contributed by atoms with Crippen LogP contribution in [0.3, 0.4) is 0 Å². The second-order valence-electron chi connectivity index (χ2n) is 9.27. The SMILES string of the molecule is CCC(C(=O)N[C@H](CN1CCC(O)C1)c1ccc(OC)cc1)(c1ccc(Cl)cc1)c1ccc(Cl)cc1. The first kappa shape index (κ1) is 26.5.